The van der Waals surface area contributed by atoms with Gasteiger partial charge in [-0.05, 0) is 31.2 Å². The summed E-state index contributed by atoms with van der Waals surface area (Å²) in [6, 6.07) is 4.40. The average Bonchev–Trinajstić information content (AvgIpc) is 2.74. The van der Waals surface area contributed by atoms with Gasteiger partial charge in [-0.1, -0.05) is 24.6 Å². The molecule has 0 spiro atoms. The van der Waals surface area contributed by atoms with Crippen LogP contribution in [0.25, 0.3) is 0 Å². The minimum Gasteiger partial charge on any atom is -0.349 e. The van der Waals surface area contributed by atoms with Gasteiger partial charge in [0, 0.05) is 12.1 Å². The van der Waals surface area contributed by atoms with Crippen LogP contribution < -0.4 is 5.32 Å². The van der Waals surface area contributed by atoms with Crippen molar-refractivity contribution in [1.29, 1.82) is 0 Å². The molecule has 102 valence electrons. The fourth-order valence-electron chi connectivity index (χ4n) is 2.44. The first-order chi connectivity index (χ1) is 8.99. The van der Waals surface area contributed by atoms with Gasteiger partial charge in [0.05, 0.1) is 10.5 Å². The second kappa shape index (κ2) is 5.57. The van der Waals surface area contributed by atoms with E-state index < -0.39 is 4.92 Å². The van der Waals surface area contributed by atoms with E-state index in [0.717, 1.165) is 19.3 Å². The normalized spacial score (nSPS) is 22.2. The molecule has 1 fully saturated rings. The van der Waals surface area contributed by atoms with Crippen molar-refractivity contribution in [3.8, 4) is 0 Å². The number of nitro groups is 1. The van der Waals surface area contributed by atoms with Crippen LogP contribution in [0.4, 0.5) is 5.69 Å². The molecule has 1 amide bonds. The molecule has 0 aliphatic heterocycles. The van der Waals surface area contributed by atoms with Gasteiger partial charge in [0.2, 0.25) is 0 Å². The highest BCUT2D eigenvalue weighted by atomic mass is 35.5. The summed E-state index contributed by atoms with van der Waals surface area (Å²) in [7, 11) is 0. The zero-order chi connectivity index (χ0) is 14.0. The number of carbonyl (C=O) groups is 1. The highest BCUT2D eigenvalue weighted by Crippen LogP contribution is 2.29. The van der Waals surface area contributed by atoms with Gasteiger partial charge < -0.3 is 5.32 Å². The lowest BCUT2D eigenvalue weighted by Gasteiger charge is -2.13. The van der Waals surface area contributed by atoms with Crippen molar-refractivity contribution in [2.45, 2.75) is 32.2 Å². The predicted octanol–water partition coefficient (Wildman–Crippen LogP) is 3.17. The van der Waals surface area contributed by atoms with E-state index in [-0.39, 0.29) is 28.2 Å². The monoisotopic (exact) mass is 282 g/mol. The van der Waals surface area contributed by atoms with E-state index >= 15 is 0 Å². The summed E-state index contributed by atoms with van der Waals surface area (Å²) in [5.41, 5.74) is -0.0791. The van der Waals surface area contributed by atoms with E-state index in [2.05, 4.69) is 12.2 Å². The number of hydrogen-bond donors (Lipinski definition) is 1. The van der Waals surface area contributed by atoms with E-state index in [1.807, 2.05) is 0 Å². The Bertz CT molecular complexity index is 519. The molecule has 1 saturated carbocycles. The Morgan fingerprint density at radius 1 is 1.47 bits per heavy atom. The van der Waals surface area contributed by atoms with Crippen LogP contribution in [0.2, 0.25) is 5.02 Å². The van der Waals surface area contributed by atoms with Crippen LogP contribution in [0.5, 0.6) is 0 Å². The second-order valence-electron chi connectivity index (χ2n) is 4.98. The van der Waals surface area contributed by atoms with Crippen LogP contribution in [0.3, 0.4) is 0 Å². The molecule has 1 aromatic rings. The third-order valence-corrected chi connectivity index (χ3v) is 3.85. The second-order valence-corrected chi connectivity index (χ2v) is 5.36. The van der Waals surface area contributed by atoms with Gasteiger partial charge in [-0.25, -0.2) is 0 Å². The third kappa shape index (κ3) is 3.04. The van der Waals surface area contributed by atoms with Crippen molar-refractivity contribution in [2.24, 2.45) is 5.92 Å². The number of nitrogens with zero attached hydrogens (tertiary/aromatic N) is 1. The molecule has 1 aliphatic carbocycles. The maximum atomic E-state index is 12.1. The molecule has 0 radical (unpaired) electrons. The molecule has 6 heteroatoms. The summed E-state index contributed by atoms with van der Waals surface area (Å²) in [4.78, 5) is 22.3. The van der Waals surface area contributed by atoms with Crippen LogP contribution in [0, 0.1) is 16.0 Å². The van der Waals surface area contributed by atoms with Crippen molar-refractivity contribution >= 4 is 23.2 Å². The lowest BCUT2D eigenvalue weighted by Crippen LogP contribution is -2.33. The van der Waals surface area contributed by atoms with E-state index in [0.29, 0.717) is 5.92 Å². The van der Waals surface area contributed by atoms with Crippen LogP contribution in [-0.4, -0.2) is 16.9 Å². The number of rotatable bonds is 3. The fraction of sp³-hybridized carbons (Fsp3) is 0.462. The quantitative estimate of drug-likeness (QED) is 0.683. The van der Waals surface area contributed by atoms with Gasteiger partial charge in [0.25, 0.3) is 11.6 Å². The molecule has 2 atom stereocenters. The Morgan fingerprint density at radius 2 is 2.21 bits per heavy atom. The van der Waals surface area contributed by atoms with Gasteiger partial charge >= 0.3 is 0 Å². The zero-order valence-electron chi connectivity index (χ0n) is 10.6. The minimum absolute atomic E-state index is 0.101. The molecular formula is C13H15ClN2O3. The summed E-state index contributed by atoms with van der Waals surface area (Å²) in [5.74, 6) is 0.263. The van der Waals surface area contributed by atoms with Gasteiger partial charge in [0.1, 0.15) is 5.02 Å². The largest absolute Gasteiger partial charge is 0.349 e. The highest BCUT2D eigenvalue weighted by molar-refractivity contribution is 6.35. The molecule has 5 nitrogen and oxygen atoms in total. The van der Waals surface area contributed by atoms with E-state index in [4.69, 9.17) is 11.6 Å². The number of nitrogens with one attached hydrogen (secondary N) is 1. The smallest absolute Gasteiger partial charge is 0.288 e. The molecule has 0 saturated heterocycles. The lowest BCUT2D eigenvalue weighted by atomic mass is 10.1. The lowest BCUT2D eigenvalue weighted by molar-refractivity contribution is -0.384. The molecule has 1 aliphatic rings. The summed E-state index contributed by atoms with van der Waals surface area (Å²) in [5, 5.41) is 13.6. The topological polar surface area (TPSA) is 72.2 Å². The van der Waals surface area contributed by atoms with Gasteiger partial charge in [0.15, 0.2) is 0 Å². The third-order valence-electron chi connectivity index (χ3n) is 3.45. The standard InChI is InChI=1S/C13H15ClN2O3/c1-8-5-6-9(7-8)15-13(17)10-3-2-4-11(12(10)14)16(18)19/h2-4,8-9H,5-7H2,1H3,(H,15,17). The number of amides is 1. The SMILES string of the molecule is CC1CCC(NC(=O)c2cccc([N+](=O)[O-])c2Cl)C1. The summed E-state index contributed by atoms with van der Waals surface area (Å²) in [6.07, 6.45) is 2.98. The number of halogens is 1. The van der Waals surface area contributed by atoms with Crippen LogP contribution in [0.1, 0.15) is 36.5 Å². The average molecular weight is 283 g/mol. The first kappa shape index (κ1) is 13.8. The van der Waals surface area contributed by atoms with Gasteiger partial charge in [-0.15, -0.1) is 0 Å². The van der Waals surface area contributed by atoms with E-state index in [9.17, 15) is 14.9 Å². The van der Waals surface area contributed by atoms with Crippen LogP contribution in [0.15, 0.2) is 18.2 Å². The van der Waals surface area contributed by atoms with Gasteiger partial charge in [-0.3, -0.25) is 14.9 Å². The van der Waals surface area contributed by atoms with Crippen LogP contribution in [-0.2, 0) is 0 Å². The maximum absolute atomic E-state index is 12.1. The van der Waals surface area contributed by atoms with Crippen molar-refractivity contribution in [3.05, 3.63) is 38.9 Å². The summed E-state index contributed by atoms with van der Waals surface area (Å²) < 4.78 is 0. The Labute approximate surface area is 116 Å². The number of carbonyl (C=O) groups excluding carboxylic acids is 1. The summed E-state index contributed by atoms with van der Waals surface area (Å²) >= 11 is 5.91. The Balaban J connectivity index is 2.15. The molecular weight excluding hydrogens is 268 g/mol. The Kier molecular flexibility index (Phi) is 4.04. The van der Waals surface area contributed by atoms with Crippen molar-refractivity contribution < 1.29 is 9.72 Å². The number of benzene rings is 1. The fourth-order valence-corrected chi connectivity index (χ4v) is 2.72. The maximum Gasteiger partial charge on any atom is 0.288 e. The molecule has 1 aromatic carbocycles. The zero-order valence-corrected chi connectivity index (χ0v) is 11.3. The minimum atomic E-state index is -0.587. The van der Waals surface area contributed by atoms with Crippen molar-refractivity contribution in [3.63, 3.8) is 0 Å². The van der Waals surface area contributed by atoms with Crippen molar-refractivity contribution in [1.82, 2.24) is 5.32 Å². The first-order valence-electron chi connectivity index (χ1n) is 6.22. The Morgan fingerprint density at radius 3 is 2.79 bits per heavy atom. The molecule has 2 rings (SSSR count). The first-order valence-corrected chi connectivity index (χ1v) is 6.60. The molecule has 2 unspecified atom stereocenters. The molecule has 19 heavy (non-hydrogen) atoms. The molecule has 0 aromatic heterocycles. The van der Waals surface area contributed by atoms with Gasteiger partial charge in [-0.2, -0.15) is 0 Å². The highest BCUT2D eigenvalue weighted by Gasteiger charge is 2.25. The van der Waals surface area contributed by atoms with E-state index in [1.54, 1.807) is 0 Å². The number of nitro benzene ring substituents is 1. The molecule has 0 heterocycles. The van der Waals surface area contributed by atoms with Crippen LogP contribution >= 0.6 is 11.6 Å². The predicted molar refractivity (Wildman–Crippen MR) is 72.4 cm³/mol. The van der Waals surface area contributed by atoms with E-state index in [1.165, 1.54) is 18.2 Å². The number of hydrogen-bond acceptors (Lipinski definition) is 3. The van der Waals surface area contributed by atoms with Crippen molar-refractivity contribution in [2.75, 3.05) is 0 Å². The summed E-state index contributed by atoms with van der Waals surface area (Å²) in [6.45, 7) is 2.15. The Hall–Kier alpha value is -1.62. The molecule has 0 bridgehead atoms. The molecule has 1 N–H and O–H groups in total.